The molecule has 3 heteroatoms. The number of likely N-dealkylation sites (tertiary alicyclic amines) is 1. The number of benzene rings is 1. The van der Waals surface area contributed by atoms with Gasteiger partial charge in [0.1, 0.15) is 0 Å². The number of carbonyl (C=O) groups excluding carboxylic acids is 1. The van der Waals surface area contributed by atoms with Gasteiger partial charge in [0.25, 0.3) is 0 Å². The predicted octanol–water partition coefficient (Wildman–Crippen LogP) is 2.02. The van der Waals surface area contributed by atoms with Crippen molar-refractivity contribution in [3.05, 3.63) is 35.4 Å². The first-order valence-corrected chi connectivity index (χ1v) is 8.26. The van der Waals surface area contributed by atoms with Gasteiger partial charge in [0.15, 0.2) is 0 Å². The summed E-state index contributed by atoms with van der Waals surface area (Å²) < 4.78 is 0. The number of hydrogen-bond donors (Lipinski definition) is 1. The maximum absolute atomic E-state index is 12.8. The third kappa shape index (κ3) is 2.28. The van der Waals surface area contributed by atoms with Gasteiger partial charge in [-0.15, -0.1) is 0 Å². The van der Waals surface area contributed by atoms with E-state index in [4.69, 9.17) is 0 Å². The number of amides is 1. The fourth-order valence-corrected chi connectivity index (χ4v) is 4.58. The largest absolute Gasteiger partial charge is 0.393 e. The molecule has 3 aliphatic rings. The average Bonchev–Trinajstić information content (AvgIpc) is 3.08. The van der Waals surface area contributed by atoms with Crippen LogP contribution in [0.1, 0.15) is 30.4 Å². The van der Waals surface area contributed by atoms with Crippen LogP contribution in [0.5, 0.6) is 0 Å². The maximum Gasteiger partial charge on any atom is 0.226 e. The second kappa shape index (κ2) is 5.13. The number of aliphatic hydroxyl groups excluding tert-OH is 1. The second-order valence-corrected chi connectivity index (χ2v) is 7.02. The minimum Gasteiger partial charge on any atom is -0.393 e. The summed E-state index contributed by atoms with van der Waals surface area (Å²) in [5.74, 6) is 1.35. The maximum atomic E-state index is 12.8. The summed E-state index contributed by atoms with van der Waals surface area (Å²) in [6, 6.07) is 8.51. The lowest BCUT2D eigenvalue weighted by Gasteiger charge is -2.28. The third-order valence-electron chi connectivity index (χ3n) is 5.83. The molecule has 1 aromatic carbocycles. The lowest BCUT2D eigenvalue weighted by atomic mass is 9.83. The number of carbonyl (C=O) groups is 1. The van der Waals surface area contributed by atoms with Gasteiger partial charge in [-0.2, -0.15) is 0 Å². The van der Waals surface area contributed by atoms with Gasteiger partial charge < -0.3 is 10.0 Å². The highest BCUT2D eigenvalue weighted by Gasteiger charge is 2.44. The van der Waals surface area contributed by atoms with Gasteiger partial charge >= 0.3 is 0 Å². The third-order valence-corrected chi connectivity index (χ3v) is 5.83. The van der Waals surface area contributed by atoms with Crippen molar-refractivity contribution in [2.45, 2.75) is 38.2 Å². The van der Waals surface area contributed by atoms with E-state index in [1.54, 1.807) is 0 Å². The lowest BCUT2D eigenvalue weighted by Crippen LogP contribution is -2.38. The van der Waals surface area contributed by atoms with Crippen molar-refractivity contribution in [2.24, 2.45) is 17.8 Å². The highest BCUT2D eigenvalue weighted by molar-refractivity contribution is 5.80. The van der Waals surface area contributed by atoms with Crippen molar-refractivity contribution in [1.29, 1.82) is 0 Å². The molecule has 1 amide bonds. The first-order chi connectivity index (χ1) is 10.2. The molecule has 112 valence electrons. The number of rotatable bonds is 1. The van der Waals surface area contributed by atoms with Crippen LogP contribution in [-0.2, 0) is 17.6 Å². The lowest BCUT2D eigenvalue weighted by molar-refractivity contribution is -0.135. The molecule has 21 heavy (non-hydrogen) atoms. The van der Waals surface area contributed by atoms with Gasteiger partial charge in [-0.3, -0.25) is 4.79 Å². The van der Waals surface area contributed by atoms with Crippen LogP contribution in [0.3, 0.4) is 0 Å². The topological polar surface area (TPSA) is 40.5 Å². The van der Waals surface area contributed by atoms with Crippen molar-refractivity contribution in [3.63, 3.8) is 0 Å². The molecule has 1 saturated carbocycles. The van der Waals surface area contributed by atoms with Crippen LogP contribution < -0.4 is 0 Å². The summed E-state index contributed by atoms with van der Waals surface area (Å²) in [6.45, 7) is 1.65. The Bertz CT molecular complexity index is 556. The monoisotopic (exact) mass is 285 g/mol. The molecule has 1 aliphatic heterocycles. The van der Waals surface area contributed by atoms with Gasteiger partial charge in [-0.25, -0.2) is 0 Å². The molecule has 0 radical (unpaired) electrons. The average molecular weight is 285 g/mol. The van der Waals surface area contributed by atoms with Gasteiger partial charge in [0.2, 0.25) is 5.91 Å². The molecule has 4 rings (SSSR count). The Kier molecular flexibility index (Phi) is 3.26. The molecule has 4 atom stereocenters. The number of aryl methyl sites for hydroxylation is 1. The van der Waals surface area contributed by atoms with E-state index in [1.807, 2.05) is 4.90 Å². The van der Waals surface area contributed by atoms with E-state index in [9.17, 15) is 9.90 Å². The van der Waals surface area contributed by atoms with E-state index in [0.717, 1.165) is 45.2 Å². The van der Waals surface area contributed by atoms with Crippen molar-refractivity contribution in [1.82, 2.24) is 4.90 Å². The summed E-state index contributed by atoms with van der Waals surface area (Å²) in [5, 5.41) is 10.0. The van der Waals surface area contributed by atoms with E-state index in [0.29, 0.717) is 17.7 Å². The quantitative estimate of drug-likeness (QED) is 0.857. The highest BCUT2D eigenvalue weighted by atomic mass is 16.3. The molecule has 0 bridgehead atoms. The first kappa shape index (κ1) is 13.3. The summed E-state index contributed by atoms with van der Waals surface area (Å²) in [6.07, 6.45) is 4.72. The van der Waals surface area contributed by atoms with Crippen LogP contribution in [0.15, 0.2) is 24.3 Å². The normalized spacial score (nSPS) is 34.6. The fourth-order valence-electron chi connectivity index (χ4n) is 4.58. The Hall–Kier alpha value is -1.35. The van der Waals surface area contributed by atoms with Crippen molar-refractivity contribution < 1.29 is 9.90 Å². The molecule has 1 aromatic rings. The molecule has 0 aromatic heterocycles. The van der Waals surface area contributed by atoms with Crippen molar-refractivity contribution in [3.8, 4) is 0 Å². The minimum atomic E-state index is -0.181. The van der Waals surface area contributed by atoms with Gasteiger partial charge in [0, 0.05) is 24.9 Å². The van der Waals surface area contributed by atoms with Crippen LogP contribution in [-0.4, -0.2) is 35.1 Å². The Morgan fingerprint density at radius 3 is 2.71 bits per heavy atom. The molecular weight excluding hydrogens is 262 g/mol. The van der Waals surface area contributed by atoms with E-state index < -0.39 is 0 Å². The summed E-state index contributed by atoms with van der Waals surface area (Å²) in [5.41, 5.74) is 2.76. The smallest absolute Gasteiger partial charge is 0.226 e. The van der Waals surface area contributed by atoms with Gasteiger partial charge in [0.05, 0.1) is 6.10 Å². The van der Waals surface area contributed by atoms with E-state index in [-0.39, 0.29) is 12.0 Å². The zero-order valence-electron chi connectivity index (χ0n) is 12.4. The number of aliphatic hydroxyl groups is 1. The Labute approximate surface area is 126 Å². The van der Waals surface area contributed by atoms with Crippen molar-refractivity contribution in [2.75, 3.05) is 13.1 Å². The predicted molar refractivity (Wildman–Crippen MR) is 80.8 cm³/mol. The fraction of sp³-hybridized carbons (Fsp3) is 0.611. The molecule has 4 unspecified atom stereocenters. The molecule has 2 aliphatic carbocycles. The Balaban J connectivity index is 1.45. The Morgan fingerprint density at radius 1 is 1.10 bits per heavy atom. The number of fused-ring (bicyclic) bond motifs is 2. The van der Waals surface area contributed by atoms with Crippen LogP contribution in [0, 0.1) is 17.8 Å². The minimum absolute atomic E-state index is 0.149. The van der Waals surface area contributed by atoms with Crippen LogP contribution in [0.4, 0.5) is 0 Å². The molecule has 0 spiro atoms. The van der Waals surface area contributed by atoms with Crippen LogP contribution in [0.25, 0.3) is 0 Å². The van der Waals surface area contributed by atoms with E-state index in [1.165, 1.54) is 11.1 Å². The standard InChI is InChI=1S/C18H23NO2/c20-17-8-7-15-10-19(11-16(15)17)18(21)14-6-5-12-3-1-2-4-13(12)9-14/h1-4,14-17,20H,5-11H2. The molecule has 2 fully saturated rings. The van der Waals surface area contributed by atoms with E-state index >= 15 is 0 Å². The summed E-state index contributed by atoms with van der Waals surface area (Å²) >= 11 is 0. The first-order valence-electron chi connectivity index (χ1n) is 8.26. The number of nitrogens with zero attached hydrogens (tertiary/aromatic N) is 1. The SMILES string of the molecule is O=C(C1CCc2ccccc2C1)N1CC2CCC(O)C2C1. The zero-order chi connectivity index (χ0) is 14.4. The van der Waals surface area contributed by atoms with Crippen LogP contribution >= 0.6 is 0 Å². The number of hydrogen-bond acceptors (Lipinski definition) is 2. The van der Waals surface area contributed by atoms with Gasteiger partial charge in [-0.1, -0.05) is 24.3 Å². The molecule has 1 saturated heterocycles. The molecule has 3 nitrogen and oxygen atoms in total. The van der Waals surface area contributed by atoms with E-state index in [2.05, 4.69) is 24.3 Å². The van der Waals surface area contributed by atoms with Gasteiger partial charge in [-0.05, 0) is 49.1 Å². The summed E-state index contributed by atoms with van der Waals surface area (Å²) in [7, 11) is 0. The summed E-state index contributed by atoms with van der Waals surface area (Å²) in [4.78, 5) is 14.8. The molecule has 1 N–H and O–H groups in total. The van der Waals surface area contributed by atoms with Crippen LogP contribution in [0.2, 0.25) is 0 Å². The Morgan fingerprint density at radius 2 is 1.90 bits per heavy atom. The molecule has 1 heterocycles. The van der Waals surface area contributed by atoms with Crippen molar-refractivity contribution >= 4 is 5.91 Å². The second-order valence-electron chi connectivity index (χ2n) is 7.02. The molecular formula is C18H23NO2. The zero-order valence-corrected chi connectivity index (χ0v) is 12.4. The highest BCUT2D eigenvalue weighted by Crippen LogP contribution is 2.39.